The minimum atomic E-state index is -0.727. The van der Waals surface area contributed by atoms with Gasteiger partial charge in [0.05, 0.1) is 6.20 Å². The summed E-state index contributed by atoms with van der Waals surface area (Å²) in [5.74, 6) is -2.16. The zero-order valence-corrected chi connectivity index (χ0v) is 13.2. The highest BCUT2D eigenvalue weighted by atomic mass is 19.1. The summed E-state index contributed by atoms with van der Waals surface area (Å²) in [5, 5.41) is 12.4. The van der Waals surface area contributed by atoms with Crippen LogP contribution in [0, 0.1) is 17.6 Å². The summed E-state index contributed by atoms with van der Waals surface area (Å²) in [4.78, 5) is 23.3. The Hall–Kier alpha value is -2.84. The molecule has 1 heterocycles. The Kier molecular flexibility index (Phi) is 5.56. The van der Waals surface area contributed by atoms with E-state index in [1.165, 1.54) is 16.9 Å². The molecule has 2 aromatic rings. The van der Waals surface area contributed by atoms with Crippen molar-refractivity contribution in [3.63, 3.8) is 0 Å². The van der Waals surface area contributed by atoms with E-state index in [2.05, 4.69) is 20.9 Å². The lowest BCUT2D eigenvalue weighted by Gasteiger charge is -2.07. The van der Waals surface area contributed by atoms with Crippen LogP contribution in [0.4, 0.5) is 14.6 Å². The molecule has 0 aliphatic carbocycles. The Labute approximate surface area is 137 Å². The fourth-order valence-electron chi connectivity index (χ4n) is 1.79. The molecule has 0 radical (unpaired) electrons. The number of rotatable bonds is 6. The maximum Gasteiger partial charge on any atom is 0.242 e. The van der Waals surface area contributed by atoms with Crippen LogP contribution in [0.2, 0.25) is 0 Å². The molecule has 2 amide bonds. The SMILES string of the molecule is CC(C)C(=O)Nc1cn(CC(=O)NCc2c(F)cccc2F)nn1. The van der Waals surface area contributed by atoms with Crippen molar-refractivity contribution in [2.45, 2.75) is 26.9 Å². The summed E-state index contributed by atoms with van der Waals surface area (Å²) in [6, 6.07) is 3.48. The van der Waals surface area contributed by atoms with Crippen LogP contribution in [0.1, 0.15) is 19.4 Å². The fraction of sp³-hybridized carbons (Fsp3) is 0.333. The molecular formula is C15H17F2N5O2. The average Bonchev–Trinajstić information content (AvgIpc) is 2.93. The summed E-state index contributed by atoms with van der Waals surface area (Å²) in [5.41, 5.74) is -0.214. The lowest BCUT2D eigenvalue weighted by Crippen LogP contribution is -2.28. The number of carbonyl (C=O) groups is 2. The van der Waals surface area contributed by atoms with Crippen LogP contribution < -0.4 is 10.6 Å². The van der Waals surface area contributed by atoms with Gasteiger partial charge in [-0.1, -0.05) is 25.1 Å². The highest BCUT2D eigenvalue weighted by Gasteiger charge is 2.12. The maximum absolute atomic E-state index is 13.5. The largest absolute Gasteiger partial charge is 0.350 e. The van der Waals surface area contributed by atoms with E-state index in [4.69, 9.17) is 0 Å². The predicted octanol–water partition coefficient (Wildman–Crippen LogP) is 1.47. The molecule has 0 spiro atoms. The second kappa shape index (κ2) is 7.62. The molecule has 0 atom stereocenters. The summed E-state index contributed by atoms with van der Waals surface area (Å²) in [6.45, 7) is 2.99. The molecule has 0 saturated heterocycles. The van der Waals surface area contributed by atoms with Crippen LogP contribution in [-0.4, -0.2) is 26.8 Å². The van der Waals surface area contributed by atoms with Crippen molar-refractivity contribution < 1.29 is 18.4 Å². The van der Waals surface area contributed by atoms with Crippen LogP contribution in [0.25, 0.3) is 0 Å². The van der Waals surface area contributed by atoms with Crippen molar-refractivity contribution in [2.24, 2.45) is 5.92 Å². The zero-order chi connectivity index (χ0) is 17.7. The van der Waals surface area contributed by atoms with Crippen LogP contribution in [0.5, 0.6) is 0 Å². The van der Waals surface area contributed by atoms with Crippen molar-refractivity contribution in [3.8, 4) is 0 Å². The van der Waals surface area contributed by atoms with Gasteiger partial charge >= 0.3 is 0 Å². The molecule has 1 aromatic carbocycles. The first-order valence-electron chi connectivity index (χ1n) is 7.27. The van der Waals surface area contributed by atoms with Gasteiger partial charge in [0.1, 0.15) is 18.2 Å². The van der Waals surface area contributed by atoms with Crippen LogP contribution in [0.15, 0.2) is 24.4 Å². The summed E-state index contributed by atoms with van der Waals surface area (Å²) < 4.78 is 28.1. The first-order valence-corrected chi connectivity index (χ1v) is 7.27. The van der Waals surface area contributed by atoms with Gasteiger partial charge in [0.2, 0.25) is 11.8 Å². The summed E-state index contributed by atoms with van der Waals surface area (Å²) in [6.07, 6.45) is 1.39. The third kappa shape index (κ3) is 4.58. The second-order valence-electron chi connectivity index (χ2n) is 5.42. The first kappa shape index (κ1) is 17.5. The number of nitrogens with zero attached hydrogens (tertiary/aromatic N) is 3. The van der Waals surface area contributed by atoms with E-state index in [0.717, 1.165) is 12.1 Å². The van der Waals surface area contributed by atoms with Crippen molar-refractivity contribution in [3.05, 3.63) is 41.6 Å². The average molecular weight is 337 g/mol. The van der Waals surface area contributed by atoms with Gasteiger partial charge in [-0.25, -0.2) is 13.5 Å². The minimum absolute atomic E-state index is 0.194. The molecule has 2 N–H and O–H groups in total. The molecule has 7 nitrogen and oxygen atoms in total. The molecule has 0 fully saturated rings. The van der Waals surface area contributed by atoms with Crippen molar-refractivity contribution in [1.82, 2.24) is 20.3 Å². The highest BCUT2D eigenvalue weighted by molar-refractivity contribution is 5.90. The van der Waals surface area contributed by atoms with E-state index in [1.54, 1.807) is 13.8 Å². The summed E-state index contributed by atoms with van der Waals surface area (Å²) in [7, 11) is 0. The Balaban J connectivity index is 1.89. The van der Waals surface area contributed by atoms with E-state index < -0.39 is 17.5 Å². The second-order valence-corrected chi connectivity index (χ2v) is 5.42. The normalized spacial score (nSPS) is 10.7. The zero-order valence-electron chi connectivity index (χ0n) is 13.2. The van der Waals surface area contributed by atoms with Crippen molar-refractivity contribution >= 4 is 17.6 Å². The number of halogens is 2. The molecule has 0 unspecified atom stereocenters. The molecule has 24 heavy (non-hydrogen) atoms. The first-order chi connectivity index (χ1) is 11.4. The number of carbonyl (C=O) groups excluding carboxylic acids is 2. The Morgan fingerprint density at radius 3 is 2.54 bits per heavy atom. The van der Waals surface area contributed by atoms with Gasteiger partial charge in [0.15, 0.2) is 5.82 Å². The van der Waals surface area contributed by atoms with E-state index in [0.29, 0.717) is 0 Å². The predicted molar refractivity (Wildman–Crippen MR) is 81.7 cm³/mol. The van der Waals surface area contributed by atoms with E-state index in [-0.39, 0.29) is 36.3 Å². The molecule has 0 saturated carbocycles. The number of nitrogens with one attached hydrogen (secondary N) is 2. The van der Waals surface area contributed by atoms with E-state index >= 15 is 0 Å². The van der Waals surface area contributed by atoms with Crippen LogP contribution in [0.3, 0.4) is 0 Å². The molecule has 0 bridgehead atoms. The fourth-order valence-corrected chi connectivity index (χ4v) is 1.79. The third-order valence-corrected chi connectivity index (χ3v) is 3.14. The van der Waals surface area contributed by atoms with Gasteiger partial charge in [-0.3, -0.25) is 9.59 Å². The lowest BCUT2D eigenvalue weighted by atomic mass is 10.2. The van der Waals surface area contributed by atoms with Gasteiger partial charge in [-0.2, -0.15) is 0 Å². The van der Waals surface area contributed by atoms with Gasteiger partial charge in [0, 0.05) is 18.0 Å². The standard InChI is InChI=1S/C15H17F2N5O2/c1-9(2)15(24)19-13-7-22(21-20-13)8-14(23)18-6-10-11(16)4-3-5-12(10)17/h3-5,7,9H,6,8H2,1-2H3,(H,18,23)(H,19,24). The smallest absolute Gasteiger partial charge is 0.242 e. The monoisotopic (exact) mass is 337 g/mol. The quantitative estimate of drug-likeness (QED) is 0.835. The molecule has 0 aliphatic heterocycles. The van der Waals surface area contributed by atoms with Gasteiger partial charge < -0.3 is 10.6 Å². The molecule has 1 aromatic heterocycles. The molecule has 9 heteroatoms. The maximum atomic E-state index is 13.5. The number of hydrogen-bond donors (Lipinski definition) is 2. The number of amides is 2. The highest BCUT2D eigenvalue weighted by Crippen LogP contribution is 2.11. The third-order valence-electron chi connectivity index (χ3n) is 3.14. The molecule has 128 valence electrons. The molecular weight excluding hydrogens is 320 g/mol. The van der Waals surface area contributed by atoms with Crippen molar-refractivity contribution in [1.29, 1.82) is 0 Å². The van der Waals surface area contributed by atoms with Crippen molar-refractivity contribution in [2.75, 3.05) is 5.32 Å². The Bertz CT molecular complexity index is 725. The van der Waals surface area contributed by atoms with Gasteiger partial charge in [-0.15, -0.1) is 5.10 Å². The van der Waals surface area contributed by atoms with Gasteiger partial charge in [-0.05, 0) is 12.1 Å². The topological polar surface area (TPSA) is 88.9 Å². The Morgan fingerprint density at radius 2 is 1.92 bits per heavy atom. The van der Waals surface area contributed by atoms with Gasteiger partial charge in [0.25, 0.3) is 0 Å². The van der Waals surface area contributed by atoms with Crippen LogP contribution in [-0.2, 0) is 22.7 Å². The summed E-state index contributed by atoms with van der Waals surface area (Å²) >= 11 is 0. The lowest BCUT2D eigenvalue weighted by molar-refractivity contribution is -0.122. The molecule has 0 aliphatic rings. The minimum Gasteiger partial charge on any atom is -0.350 e. The number of aromatic nitrogens is 3. The van der Waals surface area contributed by atoms with Crippen LogP contribution >= 0.6 is 0 Å². The number of anilines is 1. The Morgan fingerprint density at radius 1 is 1.25 bits per heavy atom. The van der Waals surface area contributed by atoms with E-state index in [1.807, 2.05) is 0 Å². The number of benzene rings is 1. The number of hydrogen-bond acceptors (Lipinski definition) is 4. The molecule has 2 rings (SSSR count). The van der Waals surface area contributed by atoms with E-state index in [9.17, 15) is 18.4 Å².